The third-order valence-corrected chi connectivity index (χ3v) is 6.77. The van der Waals surface area contributed by atoms with Crippen molar-refractivity contribution in [3.63, 3.8) is 0 Å². The molecule has 2 rings (SSSR count). The Morgan fingerprint density at radius 2 is 1.12 bits per heavy atom. The summed E-state index contributed by atoms with van der Waals surface area (Å²) in [6.07, 6.45) is 28.1. The van der Waals surface area contributed by atoms with Gasteiger partial charge >= 0.3 is 0 Å². The predicted octanol–water partition coefficient (Wildman–Crippen LogP) is 9.01. The highest BCUT2D eigenvalue weighted by atomic mass is 15.0. The van der Waals surface area contributed by atoms with E-state index in [0.29, 0.717) is 0 Å². The summed E-state index contributed by atoms with van der Waals surface area (Å²) in [5.41, 5.74) is 2.70. The smallest absolute Gasteiger partial charge is 0.108 e. The molecule has 0 atom stereocenters. The van der Waals surface area contributed by atoms with Crippen molar-refractivity contribution in [2.75, 3.05) is 0 Å². The van der Waals surface area contributed by atoms with E-state index in [1.54, 1.807) is 0 Å². The van der Waals surface area contributed by atoms with E-state index in [4.69, 9.17) is 4.98 Å². The van der Waals surface area contributed by atoms with E-state index in [1.165, 1.54) is 120 Å². The zero-order chi connectivity index (χ0) is 22.7. The number of rotatable bonds is 20. The molecular formula is C30H50N2. The summed E-state index contributed by atoms with van der Waals surface area (Å²) in [6, 6.07) is 10.8. The number of aromatic nitrogens is 2. The lowest BCUT2D eigenvalue weighted by Crippen LogP contribution is -1.97. The van der Waals surface area contributed by atoms with Crippen molar-refractivity contribution in [1.29, 1.82) is 0 Å². The molecule has 0 fully saturated rings. The monoisotopic (exact) mass is 438 g/mol. The van der Waals surface area contributed by atoms with Gasteiger partial charge in [-0.1, -0.05) is 127 Å². The van der Waals surface area contributed by atoms with Gasteiger partial charge < -0.3 is 4.57 Å². The topological polar surface area (TPSA) is 17.8 Å². The van der Waals surface area contributed by atoms with Gasteiger partial charge in [0.15, 0.2) is 0 Å². The first-order valence-electron chi connectivity index (χ1n) is 13.8. The summed E-state index contributed by atoms with van der Waals surface area (Å²) in [6.45, 7) is 2.30. The zero-order valence-corrected chi connectivity index (χ0v) is 21.3. The van der Waals surface area contributed by atoms with Crippen molar-refractivity contribution in [2.45, 2.75) is 129 Å². The zero-order valence-electron chi connectivity index (χ0n) is 21.3. The fraction of sp³-hybridized carbons (Fsp3) is 0.700. The molecule has 2 aromatic rings. The first-order chi connectivity index (χ1) is 15.8. The third-order valence-electron chi connectivity index (χ3n) is 6.77. The van der Waals surface area contributed by atoms with E-state index in [-0.39, 0.29) is 0 Å². The molecule has 0 amide bonds. The van der Waals surface area contributed by atoms with Crippen molar-refractivity contribution < 1.29 is 0 Å². The van der Waals surface area contributed by atoms with E-state index in [2.05, 4.69) is 55.1 Å². The normalized spacial score (nSPS) is 11.3. The van der Waals surface area contributed by atoms with Gasteiger partial charge in [-0.25, -0.2) is 4.98 Å². The van der Waals surface area contributed by atoms with Crippen molar-refractivity contribution in [3.8, 4) is 0 Å². The van der Waals surface area contributed by atoms with Crippen LogP contribution in [0, 0.1) is 0 Å². The van der Waals surface area contributed by atoms with E-state index < -0.39 is 0 Å². The Hall–Kier alpha value is -1.57. The molecule has 1 aromatic heterocycles. The maximum Gasteiger partial charge on any atom is 0.108 e. The van der Waals surface area contributed by atoms with E-state index >= 15 is 0 Å². The van der Waals surface area contributed by atoms with Crippen LogP contribution in [0.4, 0.5) is 0 Å². The molecule has 0 saturated carbocycles. The van der Waals surface area contributed by atoms with Gasteiger partial charge in [0, 0.05) is 19.7 Å². The Labute approximate surface area is 199 Å². The Morgan fingerprint density at radius 1 is 0.594 bits per heavy atom. The lowest BCUT2D eigenvalue weighted by atomic mass is 10.0. The maximum absolute atomic E-state index is 4.91. The highest BCUT2D eigenvalue weighted by molar-refractivity contribution is 5.15. The molecule has 1 aromatic carbocycles. The number of nitrogens with zero attached hydrogens (tertiary/aromatic N) is 2. The molecule has 180 valence electrons. The van der Waals surface area contributed by atoms with E-state index in [0.717, 1.165) is 19.3 Å². The van der Waals surface area contributed by atoms with Crippen LogP contribution in [0.25, 0.3) is 0 Å². The number of benzene rings is 1. The number of aryl methyl sites for hydroxylation is 4. The number of hydrogen-bond acceptors (Lipinski definition) is 1. The van der Waals surface area contributed by atoms with Crippen LogP contribution in [0.15, 0.2) is 36.5 Å². The SMILES string of the molecule is CCCCCCCCCCCCCCCCCc1nc(CCCc2ccccc2)cn1C. The molecule has 0 aliphatic heterocycles. The molecule has 0 radical (unpaired) electrons. The minimum atomic E-state index is 1.08. The second-order valence-electron chi connectivity index (χ2n) is 9.80. The van der Waals surface area contributed by atoms with Crippen LogP contribution in [0.2, 0.25) is 0 Å². The molecule has 0 saturated heterocycles. The van der Waals surface area contributed by atoms with Gasteiger partial charge in [0.05, 0.1) is 5.69 Å². The second kappa shape index (κ2) is 17.9. The van der Waals surface area contributed by atoms with Crippen LogP contribution in [0.5, 0.6) is 0 Å². The Kier molecular flexibility index (Phi) is 14.9. The van der Waals surface area contributed by atoms with Gasteiger partial charge in [-0.15, -0.1) is 0 Å². The third kappa shape index (κ3) is 12.5. The average Bonchev–Trinajstić information content (AvgIpc) is 3.16. The maximum atomic E-state index is 4.91. The van der Waals surface area contributed by atoms with Crippen molar-refractivity contribution in [3.05, 3.63) is 53.6 Å². The van der Waals surface area contributed by atoms with Gasteiger partial charge in [0.1, 0.15) is 5.82 Å². The van der Waals surface area contributed by atoms with Crippen LogP contribution >= 0.6 is 0 Å². The molecule has 0 spiro atoms. The summed E-state index contributed by atoms with van der Waals surface area (Å²) < 4.78 is 2.25. The van der Waals surface area contributed by atoms with Crippen LogP contribution in [0.3, 0.4) is 0 Å². The van der Waals surface area contributed by atoms with Crippen LogP contribution in [-0.4, -0.2) is 9.55 Å². The summed E-state index contributed by atoms with van der Waals surface area (Å²) in [5, 5.41) is 0. The first-order valence-corrected chi connectivity index (χ1v) is 13.8. The molecule has 2 heteroatoms. The minimum Gasteiger partial charge on any atom is -0.338 e. The van der Waals surface area contributed by atoms with Gasteiger partial charge in [-0.05, 0) is 31.2 Å². The summed E-state index contributed by atoms with van der Waals surface area (Å²) in [4.78, 5) is 4.91. The summed E-state index contributed by atoms with van der Waals surface area (Å²) in [7, 11) is 2.16. The molecular weight excluding hydrogens is 388 g/mol. The number of hydrogen-bond donors (Lipinski definition) is 0. The Morgan fingerprint density at radius 3 is 1.69 bits per heavy atom. The van der Waals surface area contributed by atoms with Crippen molar-refractivity contribution in [2.24, 2.45) is 7.05 Å². The van der Waals surface area contributed by atoms with E-state index in [1.807, 2.05) is 0 Å². The minimum absolute atomic E-state index is 1.08. The Bertz CT molecular complexity index is 673. The van der Waals surface area contributed by atoms with Crippen molar-refractivity contribution in [1.82, 2.24) is 9.55 Å². The highest BCUT2D eigenvalue weighted by Crippen LogP contribution is 2.15. The average molecular weight is 439 g/mol. The molecule has 1 heterocycles. The molecule has 0 aliphatic rings. The van der Waals surface area contributed by atoms with Gasteiger partial charge in [0.25, 0.3) is 0 Å². The molecule has 0 bridgehead atoms. The fourth-order valence-electron chi connectivity index (χ4n) is 4.70. The molecule has 0 unspecified atom stereocenters. The van der Waals surface area contributed by atoms with Crippen LogP contribution < -0.4 is 0 Å². The standard InChI is InChI=1S/C30H50N2/c1-3-4-5-6-7-8-9-10-11-12-13-14-15-16-20-26-30-31-29(27-32(30)2)25-21-24-28-22-18-17-19-23-28/h17-19,22-23,27H,3-16,20-21,24-26H2,1-2H3. The summed E-state index contributed by atoms with van der Waals surface area (Å²) in [5.74, 6) is 1.27. The van der Waals surface area contributed by atoms with Crippen LogP contribution in [0.1, 0.15) is 127 Å². The predicted molar refractivity (Wildman–Crippen MR) is 140 cm³/mol. The van der Waals surface area contributed by atoms with E-state index in [9.17, 15) is 0 Å². The molecule has 2 nitrogen and oxygen atoms in total. The first kappa shape index (κ1) is 26.7. The van der Waals surface area contributed by atoms with Gasteiger partial charge in [-0.3, -0.25) is 0 Å². The van der Waals surface area contributed by atoms with Crippen molar-refractivity contribution >= 4 is 0 Å². The Balaban J connectivity index is 1.41. The summed E-state index contributed by atoms with van der Waals surface area (Å²) >= 11 is 0. The fourth-order valence-corrected chi connectivity index (χ4v) is 4.70. The van der Waals surface area contributed by atoms with Gasteiger partial charge in [0.2, 0.25) is 0 Å². The van der Waals surface area contributed by atoms with Crippen LogP contribution in [-0.2, 0) is 26.3 Å². The second-order valence-corrected chi connectivity index (χ2v) is 9.80. The lowest BCUT2D eigenvalue weighted by molar-refractivity contribution is 0.531. The molecule has 32 heavy (non-hydrogen) atoms. The number of imidazole rings is 1. The largest absolute Gasteiger partial charge is 0.338 e. The molecule has 0 N–H and O–H groups in total. The quantitative estimate of drug-likeness (QED) is 0.189. The number of unbranched alkanes of at least 4 members (excludes halogenated alkanes) is 14. The molecule has 0 aliphatic carbocycles. The lowest BCUT2D eigenvalue weighted by Gasteiger charge is -2.04. The highest BCUT2D eigenvalue weighted by Gasteiger charge is 2.05. The van der Waals surface area contributed by atoms with Gasteiger partial charge in [-0.2, -0.15) is 0 Å².